The quantitative estimate of drug-likeness (QED) is 0.802. The lowest BCUT2D eigenvalue weighted by Crippen LogP contribution is -2.36. The molecule has 0 bridgehead atoms. The van der Waals surface area contributed by atoms with Crippen LogP contribution in [0.1, 0.15) is 51.1 Å². The molecule has 0 radical (unpaired) electrons. The van der Waals surface area contributed by atoms with Gasteiger partial charge in [0.05, 0.1) is 18.6 Å². The predicted molar refractivity (Wildman–Crippen MR) is 78.2 cm³/mol. The van der Waals surface area contributed by atoms with E-state index in [2.05, 4.69) is 11.9 Å². The fraction of sp³-hybridized carbons (Fsp3) is 0.625. The van der Waals surface area contributed by atoms with Gasteiger partial charge in [-0.1, -0.05) is 6.92 Å². The molecule has 0 spiro atoms. The first-order valence-electron chi connectivity index (χ1n) is 7.57. The van der Waals surface area contributed by atoms with Gasteiger partial charge in [0.2, 0.25) is 5.91 Å². The van der Waals surface area contributed by atoms with Crippen molar-refractivity contribution >= 4 is 5.91 Å². The molecule has 4 heteroatoms. The molecule has 1 saturated heterocycles. The van der Waals surface area contributed by atoms with E-state index in [1.807, 2.05) is 24.0 Å². The standard InChI is InChI=1S/C16H24N2O2/c1-3-15(13-7-9-17-10-8-13)18(4-2)16(19)12-14-6-5-11-20-14/h7-10,14-15H,3-6,11-12H2,1-2H3/t14-,15+/m0/s1. The highest BCUT2D eigenvalue weighted by Gasteiger charge is 2.26. The molecule has 1 fully saturated rings. The van der Waals surface area contributed by atoms with Crippen LogP contribution in [0.15, 0.2) is 24.5 Å². The molecule has 0 saturated carbocycles. The Kier molecular flexibility index (Phi) is 5.53. The molecular formula is C16H24N2O2. The number of hydrogen-bond acceptors (Lipinski definition) is 3. The topological polar surface area (TPSA) is 42.4 Å². The largest absolute Gasteiger partial charge is 0.378 e. The Hall–Kier alpha value is -1.42. The van der Waals surface area contributed by atoms with Crippen molar-refractivity contribution in [1.29, 1.82) is 0 Å². The zero-order chi connectivity index (χ0) is 14.4. The van der Waals surface area contributed by atoms with Crippen molar-refractivity contribution in [1.82, 2.24) is 9.88 Å². The Balaban J connectivity index is 2.06. The minimum absolute atomic E-state index is 0.117. The molecule has 1 amide bonds. The lowest BCUT2D eigenvalue weighted by atomic mass is 10.0. The summed E-state index contributed by atoms with van der Waals surface area (Å²) < 4.78 is 5.58. The Morgan fingerprint density at radius 2 is 2.20 bits per heavy atom. The van der Waals surface area contributed by atoms with E-state index in [4.69, 9.17) is 4.74 Å². The number of pyridine rings is 1. The number of nitrogens with zero attached hydrogens (tertiary/aromatic N) is 2. The Morgan fingerprint density at radius 1 is 1.45 bits per heavy atom. The molecule has 2 rings (SSSR count). The summed E-state index contributed by atoms with van der Waals surface area (Å²) in [5, 5.41) is 0. The maximum absolute atomic E-state index is 12.5. The lowest BCUT2D eigenvalue weighted by molar-refractivity contribution is -0.135. The van der Waals surface area contributed by atoms with Crippen molar-refractivity contribution < 1.29 is 9.53 Å². The van der Waals surface area contributed by atoms with Crippen molar-refractivity contribution in [3.05, 3.63) is 30.1 Å². The van der Waals surface area contributed by atoms with Gasteiger partial charge in [-0.25, -0.2) is 0 Å². The molecule has 1 aliphatic rings. The van der Waals surface area contributed by atoms with Gasteiger partial charge in [-0.15, -0.1) is 0 Å². The highest BCUT2D eigenvalue weighted by atomic mass is 16.5. The van der Waals surface area contributed by atoms with Crippen LogP contribution >= 0.6 is 0 Å². The number of carbonyl (C=O) groups excluding carboxylic acids is 1. The summed E-state index contributed by atoms with van der Waals surface area (Å²) >= 11 is 0. The second-order valence-corrected chi connectivity index (χ2v) is 5.22. The first-order valence-corrected chi connectivity index (χ1v) is 7.57. The summed E-state index contributed by atoms with van der Waals surface area (Å²) in [6, 6.07) is 4.13. The van der Waals surface area contributed by atoms with Crippen LogP contribution in [0.2, 0.25) is 0 Å². The zero-order valence-corrected chi connectivity index (χ0v) is 12.4. The maximum atomic E-state index is 12.5. The van der Waals surface area contributed by atoms with Gasteiger partial charge in [0.25, 0.3) is 0 Å². The molecule has 1 aromatic heterocycles. The SMILES string of the molecule is CC[C@H](c1ccncc1)N(CC)C(=O)C[C@@H]1CCCO1. The van der Waals surface area contributed by atoms with E-state index in [0.717, 1.165) is 38.0 Å². The molecule has 110 valence electrons. The monoisotopic (exact) mass is 276 g/mol. The van der Waals surface area contributed by atoms with Crippen LogP contribution in [-0.2, 0) is 9.53 Å². The van der Waals surface area contributed by atoms with E-state index >= 15 is 0 Å². The van der Waals surface area contributed by atoms with E-state index in [-0.39, 0.29) is 18.1 Å². The molecule has 20 heavy (non-hydrogen) atoms. The molecule has 0 unspecified atom stereocenters. The molecule has 1 aliphatic heterocycles. The van der Waals surface area contributed by atoms with Crippen molar-refractivity contribution in [2.45, 2.75) is 51.7 Å². The molecule has 2 atom stereocenters. The summed E-state index contributed by atoms with van der Waals surface area (Å²) in [6.07, 6.45) is 7.20. The molecule has 2 heterocycles. The molecular weight excluding hydrogens is 252 g/mol. The molecule has 1 aromatic rings. The predicted octanol–water partition coefficient (Wildman–Crippen LogP) is 2.95. The average molecular weight is 276 g/mol. The van der Waals surface area contributed by atoms with Crippen molar-refractivity contribution in [2.24, 2.45) is 0 Å². The number of rotatable bonds is 6. The Bertz CT molecular complexity index is 416. The minimum Gasteiger partial charge on any atom is -0.378 e. The summed E-state index contributed by atoms with van der Waals surface area (Å²) in [7, 11) is 0. The van der Waals surface area contributed by atoms with Crippen molar-refractivity contribution in [3.63, 3.8) is 0 Å². The van der Waals surface area contributed by atoms with E-state index < -0.39 is 0 Å². The van der Waals surface area contributed by atoms with Gasteiger partial charge in [-0.3, -0.25) is 9.78 Å². The fourth-order valence-electron chi connectivity index (χ4n) is 2.91. The van der Waals surface area contributed by atoms with Crippen molar-refractivity contribution in [3.8, 4) is 0 Å². The number of ether oxygens (including phenoxy) is 1. The lowest BCUT2D eigenvalue weighted by Gasteiger charge is -2.31. The summed E-state index contributed by atoms with van der Waals surface area (Å²) in [4.78, 5) is 18.6. The third-order valence-corrected chi connectivity index (χ3v) is 3.94. The number of amides is 1. The van der Waals surface area contributed by atoms with Crippen LogP contribution in [0, 0.1) is 0 Å². The van der Waals surface area contributed by atoms with Crippen LogP contribution < -0.4 is 0 Å². The van der Waals surface area contributed by atoms with Gasteiger partial charge in [-0.2, -0.15) is 0 Å². The normalized spacial score (nSPS) is 19.8. The summed E-state index contributed by atoms with van der Waals surface area (Å²) in [5.74, 6) is 0.197. The van der Waals surface area contributed by atoms with Crippen LogP contribution in [0.5, 0.6) is 0 Å². The van der Waals surface area contributed by atoms with Gasteiger partial charge in [0.1, 0.15) is 0 Å². The second kappa shape index (κ2) is 7.39. The van der Waals surface area contributed by atoms with Gasteiger partial charge >= 0.3 is 0 Å². The number of carbonyl (C=O) groups is 1. The van der Waals surface area contributed by atoms with E-state index in [0.29, 0.717) is 6.42 Å². The highest BCUT2D eigenvalue weighted by molar-refractivity contribution is 5.77. The molecule has 0 aromatic carbocycles. The zero-order valence-electron chi connectivity index (χ0n) is 12.4. The van der Waals surface area contributed by atoms with Crippen LogP contribution in [0.3, 0.4) is 0 Å². The highest BCUT2D eigenvalue weighted by Crippen LogP contribution is 2.26. The van der Waals surface area contributed by atoms with Crippen LogP contribution in [0.25, 0.3) is 0 Å². The second-order valence-electron chi connectivity index (χ2n) is 5.22. The Morgan fingerprint density at radius 3 is 2.75 bits per heavy atom. The first kappa shape index (κ1) is 15.0. The van der Waals surface area contributed by atoms with Crippen molar-refractivity contribution in [2.75, 3.05) is 13.2 Å². The van der Waals surface area contributed by atoms with Gasteiger partial charge in [0, 0.05) is 25.5 Å². The summed E-state index contributed by atoms with van der Waals surface area (Å²) in [6.45, 7) is 5.68. The van der Waals surface area contributed by atoms with Gasteiger partial charge in [-0.05, 0) is 43.9 Å². The smallest absolute Gasteiger partial charge is 0.225 e. The Labute approximate surface area is 121 Å². The van der Waals surface area contributed by atoms with Gasteiger partial charge in [0.15, 0.2) is 0 Å². The third kappa shape index (κ3) is 3.57. The van der Waals surface area contributed by atoms with Gasteiger partial charge < -0.3 is 9.64 Å². The van der Waals surface area contributed by atoms with Crippen LogP contribution in [-0.4, -0.2) is 35.0 Å². The average Bonchev–Trinajstić information content (AvgIpc) is 2.98. The molecule has 4 nitrogen and oxygen atoms in total. The third-order valence-electron chi connectivity index (χ3n) is 3.94. The van der Waals surface area contributed by atoms with E-state index in [9.17, 15) is 4.79 Å². The fourth-order valence-corrected chi connectivity index (χ4v) is 2.91. The van der Waals surface area contributed by atoms with Crippen LogP contribution in [0.4, 0.5) is 0 Å². The molecule has 0 aliphatic carbocycles. The van der Waals surface area contributed by atoms with E-state index in [1.165, 1.54) is 0 Å². The molecule has 0 N–H and O–H groups in total. The maximum Gasteiger partial charge on any atom is 0.225 e. The van der Waals surface area contributed by atoms with E-state index in [1.54, 1.807) is 12.4 Å². The number of aromatic nitrogens is 1. The number of hydrogen-bond donors (Lipinski definition) is 0. The minimum atomic E-state index is 0.117. The summed E-state index contributed by atoms with van der Waals surface area (Å²) in [5.41, 5.74) is 1.16. The first-order chi connectivity index (χ1) is 9.76.